The summed E-state index contributed by atoms with van der Waals surface area (Å²) < 4.78 is 0. The topological polar surface area (TPSA) is 300 Å². The van der Waals surface area contributed by atoms with Crippen LogP contribution in [0, 0.1) is 22.0 Å². The fraction of sp³-hybridized carbons (Fsp3) is 0.520. The van der Waals surface area contributed by atoms with E-state index < -0.39 is 58.6 Å². The Morgan fingerprint density at radius 3 is 2.24 bits per heavy atom. The van der Waals surface area contributed by atoms with Crippen LogP contribution in [0.3, 0.4) is 0 Å². The molecule has 9 N–H and O–H groups in total. The molecule has 2 aromatic carbocycles. The van der Waals surface area contributed by atoms with Crippen molar-refractivity contribution in [3.05, 3.63) is 81.5 Å². The molecule has 0 spiro atoms. The summed E-state index contributed by atoms with van der Waals surface area (Å²) in [4.78, 5) is 122. The van der Waals surface area contributed by atoms with Crippen LogP contribution in [-0.4, -0.2) is 137 Å². The first-order valence-corrected chi connectivity index (χ1v) is 24.4. The molecule has 382 valence electrons. The quantitative estimate of drug-likeness (QED) is 0.0361. The monoisotopic (exact) mass is 982 g/mol. The molecule has 71 heavy (non-hydrogen) atoms. The van der Waals surface area contributed by atoms with Crippen LogP contribution >= 0.6 is 0 Å². The lowest BCUT2D eigenvalue weighted by Gasteiger charge is -2.39. The number of nitro groups is 1. The molecule has 6 atom stereocenters. The summed E-state index contributed by atoms with van der Waals surface area (Å²) in [7, 11) is 1.99. The average molecular weight is 982 g/mol. The van der Waals surface area contributed by atoms with Gasteiger partial charge in [0.2, 0.25) is 47.3 Å². The van der Waals surface area contributed by atoms with Crippen LogP contribution in [0.2, 0.25) is 0 Å². The minimum Gasteiger partial charge on any atom is -0.368 e. The smallest absolute Gasteiger partial charge is 0.269 e. The van der Waals surface area contributed by atoms with Gasteiger partial charge in [-0.15, -0.1) is 0 Å². The third-order valence-corrected chi connectivity index (χ3v) is 13.4. The van der Waals surface area contributed by atoms with Crippen molar-refractivity contribution in [2.75, 3.05) is 39.8 Å². The highest BCUT2D eigenvalue weighted by molar-refractivity contribution is 6.00. The molecule has 0 bridgehead atoms. The number of unbranched alkanes of at least 4 members (excludes halogenated alkanes) is 1. The zero-order valence-corrected chi connectivity index (χ0v) is 40.8. The Morgan fingerprint density at radius 1 is 0.859 bits per heavy atom. The summed E-state index contributed by atoms with van der Waals surface area (Å²) in [5, 5.41) is 29.2. The van der Waals surface area contributed by atoms with Gasteiger partial charge in [0.05, 0.1) is 10.8 Å². The first kappa shape index (κ1) is 53.2. The number of non-ortho nitro benzene ring substituents is 1. The number of rotatable bonds is 24. The SMILES string of the molecule is CC(=O)N[C@@H](CCCCNC(=O)CCCC(=O)NCCNC(=O)[C@@H]1CCCN1C(=O)[C@H](Cc1ccc([N+](=O)[O-])cc1)NC(=O)[C@@H](NC(=O)[C@@H]1C=C2c3cccc4[nH]cc(c34)C[C@H]2N(C)C1)C(C)C)C(N)=O. The standard InChI is InChI=1S/C50H67N11O10/c1-29(2)45(58-47(66)33-25-36-35-10-7-12-37-44(35)32(27-55-37)26-41(36)59(4)28-33)49(68)57-39(24-31-16-18-34(19-17-31)61(70)71)50(69)60-23-9-13-40(60)48(67)54-22-21-53-43(64)15-8-14-42(63)52-20-6-5-11-38(46(51)65)56-30(3)62/h7,10,12,16-19,25,27,29,33,38-41,45,55H,5-6,8-9,11,13-15,20-24,26,28H2,1-4H3,(H2,51,65)(H,52,63)(H,53,64)(H,54,67)(H,56,62)(H,57,68)(H,58,66)/t33-,38+,39+,40+,41-,45+/m1/s1. The lowest BCUT2D eigenvalue weighted by molar-refractivity contribution is -0.384. The molecule has 0 radical (unpaired) electrons. The number of nitrogens with zero attached hydrogens (tertiary/aromatic N) is 3. The molecule has 21 heteroatoms. The summed E-state index contributed by atoms with van der Waals surface area (Å²) in [5.41, 5.74) is 10.1. The predicted molar refractivity (Wildman–Crippen MR) is 264 cm³/mol. The number of carbonyl (C=O) groups is 8. The summed E-state index contributed by atoms with van der Waals surface area (Å²) in [6.07, 6.45) is 7.63. The number of nitro benzene ring substituents is 1. The van der Waals surface area contributed by atoms with Crippen molar-refractivity contribution in [3.8, 4) is 0 Å². The van der Waals surface area contributed by atoms with Crippen LogP contribution in [0.1, 0.15) is 88.8 Å². The van der Waals surface area contributed by atoms with Crippen molar-refractivity contribution in [2.24, 2.45) is 17.6 Å². The number of primary amides is 1. The van der Waals surface area contributed by atoms with Crippen molar-refractivity contribution in [1.82, 2.24) is 46.7 Å². The first-order valence-electron chi connectivity index (χ1n) is 24.4. The number of aromatic amines is 1. The molecule has 8 amide bonds. The van der Waals surface area contributed by atoms with Crippen LogP contribution in [-0.2, 0) is 51.2 Å². The van der Waals surface area contributed by atoms with E-state index in [-0.39, 0.29) is 80.2 Å². The van der Waals surface area contributed by atoms with Gasteiger partial charge in [-0.3, -0.25) is 53.4 Å². The molecule has 3 aliphatic rings. The van der Waals surface area contributed by atoms with Gasteiger partial charge in [-0.2, -0.15) is 0 Å². The second-order valence-electron chi connectivity index (χ2n) is 19.0. The number of likely N-dealkylation sites (N-methyl/N-ethyl adjacent to an activating group) is 1. The molecule has 2 aliphatic heterocycles. The number of benzene rings is 2. The van der Waals surface area contributed by atoms with Crippen LogP contribution < -0.4 is 37.6 Å². The fourth-order valence-corrected chi connectivity index (χ4v) is 9.69. The largest absolute Gasteiger partial charge is 0.368 e. The molecule has 1 saturated heterocycles. The fourth-order valence-electron chi connectivity index (χ4n) is 9.69. The predicted octanol–water partition coefficient (Wildman–Crippen LogP) is 1.48. The van der Waals surface area contributed by atoms with E-state index in [2.05, 4.69) is 47.9 Å². The van der Waals surface area contributed by atoms with Gasteiger partial charge in [-0.05, 0) is 86.2 Å². The summed E-state index contributed by atoms with van der Waals surface area (Å²) in [6.45, 7) is 6.09. The van der Waals surface area contributed by atoms with Crippen LogP contribution in [0.15, 0.2) is 54.7 Å². The highest BCUT2D eigenvalue weighted by Crippen LogP contribution is 2.41. The van der Waals surface area contributed by atoms with Gasteiger partial charge in [-0.25, -0.2) is 0 Å². The van der Waals surface area contributed by atoms with Gasteiger partial charge in [0, 0.05) is 94.2 Å². The molecular weight excluding hydrogens is 915 g/mol. The Balaban J connectivity index is 1.01. The van der Waals surface area contributed by atoms with E-state index >= 15 is 0 Å². The van der Waals surface area contributed by atoms with Gasteiger partial charge < -0.3 is 47.5 Å². The number of amides is 8. The van der Waals surface area contributed by atoms with E-state index in [0.717, 1.165) is 28.5 Å². The number of aromatic nitrogens is 1. The normalized spacial score (nSPS) is 18.6. The van der Waals surface area contributed by atoms with E-state index in [9.17, 15) is 48.5 Å². The number of nitrogens with one attached hydrogen (secondary N) is 7. The maximum atomic E-state index is 14.5. The molecule has 0 saturated carbocycles. The second kappa shape index (κ2) is 24.6. The first-order chi connectivity index (χ1) is 33.9. The van der Waals surface area contributed by atoms with E-state index in [0.29, 0.717) is 57.2 Å². The van der Waals surface area contributed by atoms with Crippen LogP contribution in [0.4, 0.5) is 5.69 Å². The zero-order chi connectivity index (χ0) is 51.4. The Hall–Kier alpha value is -7.16. The summed E-state index contributed by atoms with van der Waals surface area (Å²) in [6, 6.07) is 7.96. The minimum atomic E-state index is -1.20. The molecule has 1 fully saturated rings. The molecule has 3 aromatic rings. The third-order valence-electron chi connectivity index (χ3n) is 13.4. The van der Waals surface area contributed by atoms with E-state index in [4.69, 9.17) is 5.73 Å². The minimum absolute atomic E-state index is 0.0483. The molecule has 1 aliphatic carbocycles. The van der Waals surface area contributed by atoms with Gasteiger partial charge >= 0.3 is 0 Å². The number of hydrogen-bond donors (Lipinski definition) is 8. The van der Waals surface area contributed by atoms with Gasteiger partial charge in [-0.1, -0.05) is 44.2 Å². The Labute approximate surface area is 412 Å². The lowest BCUT2D eigenvalue weighted by Crippen LogP contribution is -2.59. The molecule has 21 nitrogen and oxygen atoms in total. The van der Waals surface area contributed by atoms with Gasteiger partial charge in [0.25, 0.3) is 5.69 Å². The average Bonchev–Trinajstić information content (AvgIpc) is 4.00. The number of likely N-dealkylation sites (tertiary alicyclic amines) is 1. The molecule has 3 heterocycles. The molecular formula is C50H67N11O10. The third kappa shape index (κ3) is 14.0. The van der Waals surface area contributed by atoms with E-state index in [1.165, 1.54) is 41.7 Å². The second-order valence-corrected chi connectivity index (χ2v) is 19.0. The van der Waals surface area contributed by atoms with Gasteiger partial charge in [0.15, 0.2) is 0 Å². The molecule has 1 aromatic heterocycles. The van der Waals surface area contributed by atoms with Crippen LogP contribution in [0.25, 0.3) is 16.5 Å². The Kier molecular flexibility index (Phi) is 18.4. The Bertz CT molecular complexity index is 2510. The zero-order valence-electron chi connectivity index (χ0n) is 40.8. The Morgan fingerprint density at radius 2 is 1.56 bits per heavy atom. The van der Waals surface area contributed by atoms with Crippen LogP contribution in [0.5, 0.6) is 0 Å². The van der Waals surface area contributed by atoms with Crippen molar-refractivity contribution < 1.29 is 43.3 Å². The van der Waals surface area contributed by atoms with E-state index in [1.807, 2.05) is 31.5 Å². The summed E-state index contributed by atoms with van der Waals surface area (Å²) in [5.74, 6) is -4.37. The number of hydrogen-bond acceptors (Lipinski definition) is 11. The lowest BCUT2D eigenvalue weighted by atomic mass is 9.79. The highest BCUT2D eigenvalue weighted by Gasteiger charge is 2.40. The molecule has 0 unspecified atom stereocenters. The van der Waals surface area contributed by atoms with E-state index in [1.54, 1.807) is 13.8 Å². The van der Waals surface area contributed by atoms with Crippen molar-refractivity contribution >= 4 is 69.4 Å². The van der Waals surface area contributed by atoms with Crippen molar-refractivity contribution in [3.63, 3.8) is 0 Å². The maximum absolute atomic E-state index is 14.5. The van der Waals surface area contributed by atoms with Crippen molar-refractivity contribution in [2.45, 2.75) is 115 Å². The number of nitrogens with two attached hydrogens (primary N) is 1. The molecule has 6 rings (SSSR count). The number of H-pyrrole nitrogens is 1. The number of carbonyl (C=O) groups excluding carboxylic acids is 8. The number of fused-ring (bicyclic) bond motifs is 2. The summed E-state index contributed by atoms with van der Waals surface area (Å²) >= 11 is 0. The maximum Gasteiger partial charge on any atom is 0.269 e. The van der Waals surface area contributed by atoms with Crippen molar-refractivity contribution in [1.29, 1.82) is 0 Å². The van der Waals surface area contributed by atoms with Gasteiger partial charge in [0.1, 0.15) is 24.2 Å². The highest BCUT2D eigenvalue weighted by atomic mass is 16.6.